The Kier molecular flexibility index (Phi) is 4.49. The van der Waals surface area contributed by atoms with Gasteiger partial charge in [0, 0.05) is 10.7 Å². The minimum Gasteiger partial charge on any atom is -0.360 e. The van der Waals surface area contributed by atoms with Crippen molar-refractivity contribution in [2.45, 2.75) is 24.4 Å². The maximum Gasteiger partial charge on any atom is 0.262 e. The van der Waals surface area contributed by atoms with E-state index in [1.807, 2.05) is 25.1 Å². The van der Waals surface area contributed by atoms with Crippen molar-refractivity contribution in [3.8, 4) is 0 Å². The second-order valence-corrected chi connectivity index (χ2v) is 7.46. The Morgan fingerprint density at radius 1 is 1.25 bits per heavy atom. The molecular formula is C16H16ClN3O3S. The molecule has 1 unspecified atom stereocenters. The number of benzene rings is 2. The minimum absolute atomic E-state index is 0.0213. The van der Waals surface area contributed by atoms with Gasteiger partial charge in [0.1, 0.15) is 4.90 Å². The van der Waals surface area contributed by atoms with Crippen LogP contribution in [0.25, 0.3) is 0 Å². The SMILES string of the molecule is CCc1ccccc1NC(=O)C1Nc2ccc(Cl)cc2S(=O)(=O)N1. The van der Waals surface area contributed by atoms with Crippen molar-refractivity contribution in [1.29, 1.82) is 0 Å². The standard InChI is InChI=1S/C16H16ClN3O3S/c1-2-10-5-3-4-6-12(10)19-16(21)15-18-13-8-7-11(17)9-14(13)24(22,23)20-15/h3-9,15,18,20H,2H2,1H3,(H,19,21). The van der Waals surface area contributed by atoms with Crippen LogP contribution in [0.15, 0.2) is 47.4 Å². The highest BCUT2D eigenvalue weighted by molar-refractivity contribution is 7.89. The zero-order valence-corrected chi connectivity index (χ0v) is 14.4. The van der Waals surface area contributed by atoms with Gasteiger partial charge in [-0.05, 0) is 36.2 Å². The number of carbonyl (C=O) groups excluding carboxylic acids is 1. The van der Waals surface area contributed by atoms with Crippen LogP contribution >= 0.6 is 11.6 Å². The summed E-state index contributed by atoms with van der Waals surface area (Å²) in [7, 11) is -3.82. The van der Waals surface area contributed by atoms with E-state index in [2.05, 4.69) is 15.4 Å². The maximum atomic E-state index is 12.5. The lowest BCUT2D eigenvalue weighted by Crippen LogP contribution is -2.51. The summed E-state index contributed by atoms with van der Waals surface area (Å²) in [5.74, 6) is -0.486. The highest BCUT2D eigenvalue weighted by Crippen LogP contribution is 2.29. The minimum atomic E-state index is -3.82. The summed E-state index contributed by atoms with van der Waals surface area (Å²) in [6, 6.07) is 11.8. The van der Waals surface area contributed by atoms with Crippen LogP contribution in [0.5, 0.6) is 0 Å². The van der Waals surface area contributed by atoms with Gasteiger partial charge in [-0.3, -0.25) is 4.79 Å². The molecule has 0 aromatic heterocycles. The van der Waals surface area contributed by atoms with Gasteiger partial charge < -0.3 is 10.6 Å². The predicted octanol–water partition coefficient (Wildman–Crippen LogP) is 2.57. The van der Waals surface area contributed by atoms with Crippen LogP contribution in [0.1, 0.15) is 12.5 Å². The van der Waals surface area contributed by atoms with Crippen molar-refractivity contribution in [1.82, 2.24) is 4.72 Å². The molecular weight excluding hydrogens is 350 g/mol. The number of amides is 1. The van der Waals surface area contributed by atoms with Gasteiger partial charge >= 0.3 is 0 Å². The van der Waals surface area contributed by atoms with Gasteiger partial charge in [0.15, 0.2) is 6.17 Å². The molecule has 1 atom stereocenters. The molecule has 24 heavy (non-hydrogen) atoms. The average Bonchev–Trinajstić information content (AvgIpc) is 2.55. The van der Waals surface area contributed by atoms with E-state index < -0.39 is 22.1 Å². The zero-order valence-electron chi connectivity index (χ0n) is 12.8. The van der Waals surface area contributed by atoms with Crippen LogP contribution in [0.4, 0.5) is 11.4 Å². The van der Waals surface area contributed by atoms with Crippen molar-refractivity contribution in [2.75, 3.05) is 10.6 Å². The molecule has 6 nitrogen and oxygen atoms in total. The number of anilines is 2. The van der Waals surface area contributed by atoms with E-state index in [-0.39, 0.29) is 4.90 Å². The van der Waals surface area contributed by atoms with E-state index >= 15 is 0 Å². The molecule has 1 amide bonds. The lowest BCUT2D eigenvalue weighted by atomic mass is 10.1. The van der Waals surface area contributed by atoms with E-state index in [9.17, 15) is 13.2 Å². The van der Waals surface area contributed by atoms with Crippen molar-refractivity contribution < 1.29 is 13.2 Å². The third kappa shape index (κ3) is 3.24. The maximum absolute atomic E-state index is 12.5. The largest absolute Gasteiger partial charge is 0.360 e. The number of rotatable bonds is 3. The molecule has 0 spiro atoms. The molecule has 126 valence electrons. The van der Waals surface area contributed by atoms with Gasteiger partial charge in [-0.15, -0.1) is 0 Å². The Morgan fingerprint density at radius 3 is 2.75 bits per heavy atom. The Labute approximate surface area is 145 Å². The number of nitrogens with one attached hydrogen (secondary N) is 3. The lowest BCUT2D eigenvalue weighted by molar-refractivity contribution is -0.117. The third-order valence-electron chi connectivity index (χ3n) is 3.72. The van der Waals surface area contributed by atoms with E-state index in [1.165, 1.54) is 12.1 Å². The second-order valence-electron chi connectivity index (χ2n) is 5.34. The number of aryl methyl sites for hydroxylation is 1. The summed E-state index contributed by atoms with van der Waals surface area (Å²) in [6.07, 6.45) is -0.352. The number of hydrogen-bond acceptors (Lipinski definition) is 4. The van der Waals surface area contributed by atoms with Crippen molar-refractivity contribution in [2.24, 2.45) is 0 Å². The fourth-order valence-corrected chi connectivity index (χ4v) is 4.05. The van der Waals surface area contributed by atoms with Gasteiger partial charge in [0.05, 0.1) is 5.69 Å². The van der Waals surface area contributed by atoms with Crippen LogP contribution in [0.2, 0.25) is 5.02 Å². The third-order valence-corrected chi connectivity index (χ3v) is 5.42. The molecule has 2 aromatic carbocycles. The Balaban J connectivity index is 1.86. The van der Waals surface area contributed by atoms with Crippen LogP contribution in [0, 0.1) is 0 Å². The number of sulfonamides is 1. The Bertz CT molecular complexity index is 899. The van der Waals surface area contributed by atoms with Crippen LogP contribution in [-0.4, -0.2) is 20.5 Å². The summed E-state index contributed by atoms with van der Waals surface area (Å²) >= 11 is 5.84. The van der Waals surface area contributed by atoms with E-state index in [1.54, 1.807) is 12.1 Å². The number of fused-ring (bicyclic) bond motifs is 1. The average molecular weight is 366 g/mol. The molecule has 3 rings (SSSR count). The monoisotopic (exact) mass is 365 g/mol. The van der Waals surface area contributed by atoms with Crippen LogP contribution < -0.4 is 15.4 Å². The quantitative estimate of drug-likeness (QED) is 0.780. The number of para-hydroxylation sites is 1. The topological polar surface area (TPSA) is 87.3 Å². The summed E-state index contributed by atoms with van der Waals surface area (Å²) in [4.78, 5) is 12.5. The van der Waals surface area contributed by atoms with Gasteiger partial charge in [-0.2, -0.15) is 4.72 Å². The molecule has 1 aliphatic heterocycles. The molecule has 0 aliphatic carbocycles. The molecule has 0 radical (unpaired) electrons. The summed E-state index contributed by atoms with van der Waals surface area (Å²) in [5.41, 5.74) is 1.96. The molecule has 1 aliphatic rings. The summed E-state index contributed by atoms with van der Waals surface area (Å²) < 4.78 is 27.0. The molecule has 0 saturated carbocycles. The summed E-state index contributed by atoms with van der Waals surface area (Å²) in [6.45, 7) is 1.98. The van der Waals surface area contributed by atoms with E-state index in [0.29, 0.717) is 16.4 Å². The highest BCUT2D eigenvalue weighted by atomic mass is 35.5. The molecule has 3 N–H and O–H groups in total. The normalized spacial score (nSPS) is 18.3. The van der Waals surface area contributed by atoms with Gasteiger partial charge in [0.2, 0.25) is 10.0 Å². The van der Waals surface area contributed by atoms with Gasteiger partial charge in [-0.1, -0.05) is 36.7 Å². The van der Waals surface area contributed by atoms with Gasteiger partial charge in [0.25, 0.3) is 5.91 Å². The molecule has 1 heterocycles. The number of hydrogen-bond donors (Lipinski definition) is 3. The number of carbonyl (C=O) groups is 1. The van der Waals surface area contributed by atoms with Gasteiger partial charge in [-0.25, -0.2) is 8.42 Å². The molecule has 2 aromatic rings. The Hall–Kier alpha value is -2.09. The highest BCUT2D eigenvalue weighted by Gasteiger charge is 2.33. The predicted molar refractivity (Wildman–Crippen MR) is 93.6 cm³/mol. The number of halogens is 1. The Morgan fingerprint density at radius 2 is 2.00 bits per heavy atom. The first-order chi connectivity index (χ1) is 11.4. The summed E-state index contributed by atoms with van der Waals surface area (Å²) in [5, 5.41) is 5.94. The van der Waals surface area contributed by atoms with E-state index in [0.717, 1.165) is 12.0 Å². The van der Waals surface area contributed by atoms with Crippen LogP contribution in [0.3, 0.4) is 0 Å². The first-order valence-electron chi connectivity index (χ1n) is 7.38. The first-order valence-corrected chi connectivity index (χ1v) is 9.24. The smallest absolute Gasteiger partial charge is 0.262 e. The van der Waals surface area contributed by atoms with Crippen molar-refractivity contribution in [3.63, 3.8) is 0 Å². The molecule has 0 fully saturated rings. The second kappa shape index (κ2) is 6.43. The zero-order chi connectivity index (χ0) is 17.3. The molecule has 8 heteroatoms. The first kappa shape index (κ1) is 16.8. The van der Waals surface area contributed by atoms with E-state index in [4.69, 9.17) is 11.6 Å². The molecule has 0 bridgehead atoms. The van der Waals surface area contributed by atoms with Crippen molar-refractivity contribution in [3.05, 3.63) is 53.1 Å². The molecule has 0 saturated heterocycles. The lowest BCUT2D eigenvalue weighted by Gasteiger charge is -2.27. The van der Waals surface area contributed by atoms with Crippen LogP contribution in [-0.2, 0) is 21.2 Å². The fourth-order valence-electron chi connectivity index (χ4n) is 2.52. The fraction of sp³-hybridized carbons (Fsp3) is 0.188. The van der Waals surface area contributed by atoms with Crippen molar-refractivity contribution >= 4 is 38.9 Å².